The van der Waals surface area contributed by atoms with Crippen LogP contribution in [-0.2, 0) is 0 Å². The van der Waals surface area contributed by atoms with Crippen LogP contribution >= 0.6 is 0 Å². The fourth-order valence-corrected chi connectivity index (χ4v) is 2.91. The number of nitrogens with two attached hydrogens (primary N) is 1. The first-order chi connectivity index (χ1) is 10.2. The minimum Gasteiger partial charge on any atom is -0.493 e. The van der Waals surface area contributed by atoms with E-state index in [9.17, 15) is 4.79 Å². The number of rotatable bonds is 6. The SMILES string of the molecule is CCOc1cccc(N)c1C(=O)NCC1CCCN1CC. The van der Waals surface area contributed by atoms with Crippen molar-refractivity contribution in [3.63, 3.8) is 0 Å². The summed E-state index contributed by atoms with van der Waals surface area (Å²) in [6.07, 6.45) is 2.34. The lowest BCUT2D eigenvalue weighted by Gasteiger charge is -2.23. The summed E-state index contributed by atoms with van der Waals surface area (Å²) in [6.45, 7) is 7.36. The van der Waals surface area contributed by atoms with Crippen LogP contribution in [-0.4, -0.2) is 43.1 Å². The van der Waals surface area contributed by atoms with E-state index in [4.69, 9.17) is 10.5 Å². The number of hydrogen-bond donors (Lipinski definition) is 2. The Balaban J connectivity index is 2.03. The molecule has 3 N–H and O–H groups in total. The molecule has 0 bridgehead atoms. The number of carbonyl (C=O) groups is 1. The van der Waals surface area contributed by atoms with Gasteiger partial charge in [0.2, 0.25) is 0 Å². The normalized spacial score (nSPS) is 18.7. The van der Waals surface area contributed by atoms with Gasteiger partial charge in [-0.3, -0.25) is 9.69 Å². The Morgan fingerprint density at radius 3 is 3.00 bits per heavy atom. The lowest BCUT2D eigenvalue weighted by molar-refractivity contribution is 0.0938. The van der Waals surface area contributed by atoms with Crippen molar-refractivity contribution in [3.8, 4) is 5.75 Å². The van der Waals surface area contributed by atoms with Crippen LogP contribution in [0.15, 0.2) is 18.2 Å². The Labute approximate surface area is 126 Å². The van der Waals surface area contributed by atoms with Crippen LogP contribution in [0, 0.1) is 0 Å². The highest BCUT2D eigenvalue weighted by Gasteiger charge is 2.24. The lowest BCUT2D eigenvalue weighted by atomic mass is 10.1. The number of likely N-dealkylation sites (N-methyl/N-ethyl adjacent to an activating group) is 1. The summed E-state index contributed by atoms with van der Waals surface area (Å²) in [4.78, 5) is 14.8. The van der Waals surface area contributed by atoms with Gasteiger partial charge in [-0.15, -0.1) is 0 Å². The molecule has 1 atom stereocenters. The van der Waals surface area contributed by atoms with E-state index < -0.39 is 0 Å². The summed E-state index contributed by atoms with van der Waals surface area (Å²) in [5, 5.41) is 3.00. The van der Waals surface area contributed by atoms with Gasteiger partial charge in [-0.25, -0.2) is 0 Å². The largest absolute Gasteiger partial charge is 0.493 e. The first-order valence-electron chi connectivity index (χ1n) is 7.70. The fourth-order valence-electron chi connectivity index (χ4n) is 2.91. The summed E-state index contributed by atoms with van der Waals surface area (Å²) in [6, 6.07) is 5.74. The predicted octanol–water partition coefficient (Wildman–Crippen LogP) is 1.88. The van der Waals surface area contributed by atoms with Crippen LogP contribution in [0.5, 0.6) is 5.75 Å². The molecule has 1 aliphatic heterocycles. The van der Waals surface area contributed by atoms with Gasteiger partial charge in [-0.2, -0.15) is 0 Å². The quantitative estimate of drug-likeness (QED) is 0.785. The molecule has 1 heterocycles. The second-order valence-electron chi connectivity index (χ2n) is 5.29. The molecule has 0 aromatic heterocycles. The van der Waals surface area contributed by atoms with E-state index in [0.29, 0.717) is 36.2 Å². The van der Waals surface area contributed by atoms with E-state index in [1.54, 1.807) is 18.2 Å². The molecule has 0 spiro atoms. The lowest BCUT2D eigenvalue weighted by Crippen LogP contribution is -2.40. The third kappa shape index (κ3) is 3.67. The van der Waals surface area contributed by atoms with E-state index in [2.05, 4.69) is 17.1 Å². The van der Waals surface area contributed by atoms with Crippen molar-refractivity contribution in [2.24, 2.45) is 0 Å². The summed E-state index contributed by atoms with van der Waals surface area (Å²) in [5.41, 5.74) is 6.84. The number of hydrogen-bond acceptors (Lipinski definition) is 4. The number of carbonyl (C=O) groups excluding carboxylic acids is 1. The number of nitrogens with one attached hydrogen (secondary N) is 1. The van der Waals surface area contributed by atoms with Crippen LogP contribution in [0.1, 0.15) is 37.0 Å². The molecule has 21 heavy (non-hydrogen) atoms. The second kappa shape index (κ2) is 7.31. The van der Waals surface area contributed by atoms with E-state index in [0.717, 1.165) is 19.5 Å². The van der Waals surface area contributed by atoms with Gasteiger partial charge in [-0.1, -0.05) is 13.0 Å². The summed E-state index contributed by atoms with van der Waals surface area (Å²) in [7, 11) is 0. The topological polar surface area (TPSA) is 67.6 Å². The molecule has 0 saturated carbocycles. The standard InChI is InChI=1S/C16H25N3O2/c1-3-19-10-6-7-12(19)11-18-16(20)15-13(17)8-5-9-14(15)21-4-2/h5,8-9,12H,3-4,6-7,10-11,17H2,1-2H3,(H,18,20). The Kier molecular flexibility index (Phi) is 5.44. The van der Waals surface area contributed by atoms with Crippen molar-refractivity contribution in [2.45, 2.75) is 32.7 Å². The van der Waals surface area contributed by atoms with Crippen molar-refractivity contribution in [1.82, 2.24) is 10.2 Å². The van der Waals surface area contributed by atoms with Crippen molar-refractivity contribution in [3.05, 3.63) is 23.8 Å². The highest BCUT2D eigenvalue weighted by Crippen LogP contribution is 2.24. The minimum atomic E-state index is -0.153. The van der Waals surface area contributed by atoms with Gasteiger partial charge in [0, 0.05) is 18.3 Å². The van der Waals surface area contributed by atoms with E-state index in [1.807, 2.05) is 6.92 Å². The predicted molar refractivity (Wildman–Crippen MR) is 84.6 cm³/mol. The number of ether oxygens (including phenoxy) is 1. The average Bonchev–Trinajstić information content (AvgIpc) is 2.93. The summed E-state index contributed by atoms with van der Waals surface area (Å²) in [5.74, 6) is 0.397. The van der Waals surface area contributed by atoms with Crippen LogP contribution in [0.25, 0.3) is 0 Å². The zero-order valence-electron chi connectivity index (χ0n) is 12.9. The van der Waals surface area contributed by atoms with E-state index in [-0.39, 0.29) is 5.91 Å². The molecular weight excluding hydrogens is 266 g/mol. The molecule has 1 aliphatic rings. The monoisotopic (exact) mass is 291 g/mol. The molecule has 0 radical (unpaired) electrons. The molecule has 0 aliphatic carbocycles. The first kappa shape index (κ1) is 15.6. The van der Waals surface area contributed by atoms with Crippen molar-refractivity contribution >= 4 is 11.6 Å². The highest BCUT2D eigenvalue weighted by atomic mass is 16.5. The minimum absolute atomic E-state index is 0.153. The maximum absolute atomic E-state index is 12.4. The Bertz CT molecular complexity index is 490. The smallest absolute Gasteiger partial charge is 0.257 e. The van der Waals surface area contributed by atoms with Crippen LogP contribution in [0.2, 0.25) is 0 Å². The number of amides is 1. The van der Waals surface area contributed by atoms with Gasteiger partial charge in [0.25, 0.3) is 5.91 Å². The van der Waals surface area contributed by atoms with Gasteiger partial charge in [0.05, 0.1) is 6.61 Å². The molecule has 116 valence electrons. The van der Waals surface area contributed by atoms with Gasteiger partial charge >= 0.3 is 0 Å². The number of likely N-dealkylation sites (tertiary alicyclic amines) is 1. The number of nitrogen functional groups attached to an aromatic ring is 1. The third-order valence-corrected chi connectivity index (χ3v) is 3.99. The van der Waals surface area contributed by atoms with Gasteiger partial charge in [-0.05, 0) is 45.0 Å². The molecular formula is C16H25N3O2. The number of nitrogens with zero attached hydrogens (tertiary/aromatic N) is 1. The van der Waals surface area contributed by atoms with Crippen molar-refractivity contribution < 1.29 is 9.53 Å². The molecule has 2 rings (SSSR count). The van der Waals surface area contributed by atoms with Gasteiger partial charge in [0.15, 0.2) is 0 Å². The molecule has 1 amide bonds. The Morgan fingerprint density at radius 1 is 1.48 bits per heavy atom. The molecule has 1 fully saturated rings. The van der Waals surface area contributed by atoms with E-state index >= 15 is 0 Å². The summed E-state index contributed by atoms with van der Waals surface area (Å²) < 4.78 is 5.50. The molecule has 5 heteroatoms. The van der Waals surface area contributed by atoms with E-state index in [1.165, 1.54) is 6.42 Å². The van der Waals surface area contributed by atoms with Crippen molar-refractivity contribution in [2.75, 3.05) is 32.0 Å². The maximum Gasteiger partial charge on any atom is 0.257 e. The third-order valence-electron chi connectivity index (χ3n) is 3.99. The highest BCUT2D eigenvalue weighted by molar-refractivity contribution is 6.01. The van der Waals surface area contributed by atoms with Crippen molar-refractivity contribution in [1.29, 1.82) is 0 Å². The van der Waals surface area contributed by atoms with Crippen LogP contribution < -0.4 is 15.8 Å². The first-order valence-corrected chi connectivity index (χ1v) is 7.70. The Morgan fingerprint density at radius 2 is 2.29 bits per heavy atom. The maximum atomic E-state index is 12.4. The Hall–Kier alpha value is -1.75. The van der Waals surface area contributed by atoms with Crippen LogP contribution in [0.3, 0.4) is 0 Å². The average molecular weight is 291 g/mol. The van der Waals surface area contributed by atoms with Gasteiger partial charge < -0.3 is 15.8 Å². The summed E-state index contributed by atoms with van der Waals surface area (Å²) >= 11 is 0. The molecule has 1 aromatic rings. The molecule has 1 unspecified atom stereocenters. The molecule has 5 nitrogen and oxygen atoms in total. The zero-order valence-corrected chi connectivity index (χ0v) is 12.9. The second-order valence-corrected chi connectivity index (χ2v) is 5.29. The number of benzene rings is 1. The fraction of sp³-hybridized carbons (Fsp3) is 0.562. The zero-order chi connectivity index (χ0) is 15.2. The van der Waals surface area contributed by atoms with Gasteiger partial charge in [0.1, 0.15) is 11.3 Å². The number of anilines is 1. The molecule has 1 saturated heterocycles. The van der Waals surface area contributed by atoms with Crippen LogP contribution in [0.4, 0.5) is 5.69 Å². The molecule has 1 aromatic carbocycles.